The number of nitrogens with zero attached hydrogens (tertiary/aromatic N) is 2. The van der Waals surface area contributed by atoms with Crippen LogP contribution >= 0.6 is 0 Å². The van der Waals surface area contributed by atoms with Gasteiger partial charge in [0, 0.05) is 19.3 Å². The minimum absolute atomic E-state index is 0.235. The van der Waals surface area contributed by atoms with Gasteiger partial charge in [-0.1, -0.05) is 13.8 Å². The number of carbonyl (C=O) groups is 1. The van der Waals surface area contributed by atoms with Gasteiger partial charge in [0.05, 0.1) is 0 Å². The first-order chi connectivity index (χ1) is 8.62. The number of nitrogens with one attached hydrogen (secondary N) is 1. The van der Waals surface area contributed by atoms with Gasteiger partial charge in [-0.3, -0.25) is 14.3 Å². The summed E-state index contributed by atoms with van der Waals surface area (Å²) in [4.78, 5) is 37.9. The molecule has 0 aliphatic carbocycles. The van der Waals surface area contributed by atoms with Crippen LogP contribution in [0, 0.1) is 5.41 Å². The van der Waals surface area contributed by atoms with Crippen LogP contribution in [0.5, 0.6) is 0 Å². The topological polar surface area (TPSA) is 95.4 Å². The Labute approximate surface area is 110 Å². The van der Waals surface area contributed by atoms with Gasteiger partial charge in [-0.2, -0.15) is 0 Å². The van der Waals surface area contributed by atoms with Gasteiger partial charge < -0.3 is 10.0 Å². The van der Waals surface area contributed by atoms with Crippen LogP contribution in [-0.4, -0.2) is 46.2 Å². The number of carboxylic acids is 1. The number of aromatic nitrogens is 2. The fourth-order valence-corrected chi connectivity index (χ4v) is 2.15. The fourth-order valence-electron chi connectivity index (χ4n) is 2.15. The first-order valence-corrected chi connectivity index (χ1v) is 5.84. The number of hydrogen-bond donors (Lipinski definition) is 2. The summed E-state index contributed by atoms with van der Waals surface area (Å²) in [6, 6.07) is 0. The minimum Gasteiger partial charge on any atom is -0.477 e. The molecule has 19 heavy (non-hydrogen) atoms. The lowest BCUT2D eigenvalue weighted by Gasteiger charge is -2.28. The molecule has 1 heterocycles. The number of rotatable bonds is 5. The number of carboxylic acid groups (broad SMARTS) is 1. The molecule has 2 N–H and O–H groups in total. The predicted molar refractivity (Wildman–Crippen MR) is 70.6 cm³/mol. The van der Waals surface area contributed by atoms with Crippen molar-refractivity contribution in [2.24, 2.45) is 5.41 Å². The number of hydrogen-bond acceptors (Lipinski definition) is 4. The number of aromatic carboxylic acids is 1. The van der Waals surface area contributed by atoms with Crippen LogP contribution in [0.15, 0.2) is 15.8 Å². The van der Waals surface area contributed by atoms with Crippen molar-refractivity contribution in [3.05, 3.63) is 32.6 Å². The first kappa shape index (κ1) is 15.2. The van der Waals surface area contributed by atoms with Crippen molar-refractivity contribution in [1.82, 2.24) is 14.5 Å². The van der Waals surface area contributed by atoms with Gasteiger partial charge in [-0.25, -0.2) is 9.59 Å². The van der Waals surface area contributed by atoms with Crippen LogP contribution < -0.4 is 11.2 Å². The zero-order valence-electron chi connectivity index (χ0n) is 11.6. The molecule has 0 atom stereocenters. The summed E-state index contributed by atoms with van der Waals surface area (Å²) < 4.78 is 1.23. The Hall–Kier alpha value is -1.89. The Morgan fingerprint density at radius 2 is 2.00 bits per heavy atom. The smallest absolute Gasteiger partial charge is 0.342 e. The van der Waals surface area contributed by atoms with E-state index < -0.39 is 22.8 Å². The van der Waals surface area contributed by atoms with Crippen LogP contribution in [0.3, 0.4) is 0 Å². The van der Waals surface area contributed by atoms with Crippen LogP contribution in [0.2, 0.25) is 0 Å². The molecule has 0 saturated heterocycles. The third kappa shape index (κ3) is 4.06. The van der Waals surface area contributed by atoms with Crippen molar-refractivity contribution >= 4 is 5.97 Å². The summed E-state index contributed by atoms with van der Waals surface area (Å²) in [5, 5.41) is 8.88. The molecule has 0 fully saturated rings. The molecule has 7 nitrogen and oxygen atoms in total. The second-order valence-corrected chi connectivity index (χ2v) is 5.64. The lowest BCUT2D eigenvalue weighted by molar-refractivity contribution is 0.0693. The van der Waals surface area contributed by atoms with E-state index in [1.165, 1.54) is 4.57 Å². The van der Waals surface area contributed by atoms with E-state index in [2.05, 4.69) is 0 Å². The Balaban J connectivity index is 3.15. The summed E-state index contributed by atoms with van der Waals surface area (Å²) in [5.41, 5.74) is -2.14. The second kappa shape index (κ2) is 5.40. The fraction of sp³-hybridized carbons (Fsp3) is 0.583. The van der Waals surface area contributed by atoms with Crippen molar-refractivity contribution in [2.45, 2.75) is 20.4 Å². The van der Waals surface area contributed by atoms with Crippen LogP contribution in [0.25, 0.3) is 0 Å². The summed E-state index contributed by atoms with van der Waals surface area (Å²) >= 11 is 0. The molecule has 0 aliphatic heterocycles. The lowest BCUT2D eigenvalue weighted by Crippen LogP contribution is -2.39. The maximum Gasteiger partial charge on any atom is 0.342 e. The number of aromatic amines is 1. The zero-order valence-corrected chi connectivity index (χ0v) is 11.6. The minimum atomic E-state index is -1.35. The molecule has 0 unspecified atom stereocenters. The zero-order chi connectivity index (χ0) is 14.8. The van der Waals surface area contributed by atoms with Gasteiger partial charge in [0.2, 0.25) is 0 Å². The summed E-state index contributed by atoms with van der Waals surface area (Å²) in [7, 11) is 3.83. The van der Waals surface area contributed by atoms with E-state index in [0.717, 1.165) is 12.7 Å². The molecule has 0 amide bonds. The molecule has 1 aromatic rings. The molecule has 1 aromatic heterocycles. The second-order valence-electron chi connectivity index (χ2n) is 5.64. The SMILES string of the molecule is CN(C)CC(C)(C)Cn1cc(C(=O)O)c(=O)[nH]c1=O. The maximum atomic E-state index is 11.7. The van der Waals surface area contributed by atoms with Gasteiger partial charge in [0.1, 0.15) is 5.56 Å². The molecule has 0 aliphatic rings. The summed E-state index contributed by atoms with van der Waals surface area (Å²) in [6.07, 6.45) is 1.10. The summed E-state index contributed by atoms with van der Waals surface area (Å²) in [6.45, 7) is 4.97. The quantitative estimate of drug-likeness (QED) is 0.773. The molecule has 0 radical (unpaired) electrons. The molecule has 7 heteroatoms. The van der Waals surface area contributed by atoms with Crippen molar-refractivity contribution < 1.29 is 9.90 Å². The molecule has 0 saturated carbocycles. The van der Waals surface area contributed by atoms with Crippen LogP contribution in [0.4, 0.5) is 0 Å². The molecule has 0 spiro atoms. The Kier molecular flexibility index (Phi) is 4.31. The highest BCUT2D eigenvalue weighted by atomic mass is 16.4. The normalized spacial score (nSPS) is 11.8. The Morgan fingerprint density at radius 1 is 1.42 bits per heavy atom. The standard InChI is InChI=1S/C12H19N3O4/c1-12(2,6-14(3)4)7-15-5-8(10(17)18)9(16)13-11(15)19/h5H,6-7H2,1-4H3,(H,17,18)(H,13,16,19). The third-order valence-corrected chi connectivity index (χ3v) is 2.58. The van der Waals surface area contributed by atoms with E-state index in [0.29, 0.717) is 6.54 Å². The highest BCUT2D eigenvalue weighted by molar-refractivity contribution is 5.86. The molecular formula is C12H19N3O4. The van der Waals surface area contributed by atoms with Crippen molar-refractivity contribution in [2.75, 3.05) is 20.6 Å². The van der Waals surface area contributed by atoms with E-state index >= 15 is 0 Å². The largest absolute Gasteiger partial charge is 0.477 e. The highest BCUT2D eigenvalue weighted by Gasteiger charge is 2.21. The van der Waals surface area contributed by atoms with Crippen LogP contribution in [-0.2, 0) is 6.54 Å². The van der Waals surface area contributed by atoms with E-state index in [4.69, 9.17) is 5.11 Å². The average molecular weight is 269 g/mol. The lowest BCUT2D eigenvalue weighted by atomic mass is 9.93. The van der Waals surface area contributed by atoms with E-state index in [-0.39, 0.29) is 5.41 Å². The van der Waals surface area contributed by atoms with Crippen molar-refractivity contribution in [3.8, 4) is 0 Å². The molecule has 1 rings (SSSR count). The molecular weight excluding hydrogens is 250 g/mol. The van der Waals surface area contributed by atoms with Crippen LogP contribution in [0.1, 0.15) is 24.2 Å². The first-order valence-electron chi connectivity index (χ1n) is 5.84. The van der Waals surface area contributed by atoms with Crippen molar-refractivity contribution in [3.63, 3.8) is 0 Å². The van der Waals surface area contributed by atoms with Gasteiger partial charge in [-0.15, -0.1) is 0 Å². The monoisotopic (exact) mass is 269 g/mol. The van der Waals surface area contributed by atoms with Gasteiger partial charge in [0.15, 0.2) is 0 Å². The van der Waals surface area contributed by atoms with E-state index in [1.807, 2.05) is 37.8 Å². The van der Waals surface area contributed by atoms with Gasteiger partial charge in [-0.05, 0) is 19.5 Å². The number of H-pyrrole nitrogens is 1. The van der Waals surface area contributed by atoms with Crippen molar-refractivity contribution in [1.29, 1.82) is 0 Å². The average Bonchev–Trinajstić information content (AvgIpc) is 2.19. The molecule has 106 valence electrons. The highest BCUT2D eigenvalue weighted by Crippen LogP contribution is 2.17. The molecule has 0 aromatic carbocycles. The maximum absolute atomic E-state index is 11.7. The van der Waals surface area contributed by atoms with E-state index in [9.17, 15) is 14.4 Å². The van der Waals surface area contributed by atoms with E-state index in [1.54, 1.807) is 0 Å². The Morgan fingerprint density at radius 3 is 2.47 bits per heavy atom. The van der Waals surface area contributed by atoms with Gasteiger partial charge in [0.25, 0.3) is 5.56 Å². The predicted octanol–water partition coefficient (Wildman–Crippen LogP) is -0.177. The van der Waals surface area contributed by atoms with Gasteiger partial charge >= 0.3 is 11.7 Å². The Bertz CT molecular complexity index is 583. The summed E-state index contributed by atoms with van der Waals surface area (Å²) in [5.74, 6) is -1.35. The third-order valence-electron chi connectivity index (χ3n) is 2.58. The molecule has 0 bridgehead atoms.